The minimum atomic E-state index is -0.327. The van der Waals surface area contributed by atoms with Gasteiger partial charge in [-0.2, -0.15) is 0 Å². The minimum absolute atomic E-state index is 0.189. The third-order valence-corrected chi connectivity index (χ3v) is 3.04. The van der Waals surface area contributed by atoms with Crippen molar-refractivity contribution in [3.05, 3.63) is 36.9 Å². The van der Waals surface area contributed by atoms with Crippen molar-refractivity contribution in [1.82, 2.24) is 5.32 Å². The highest BCUT2D eigenvalue weighted by molar-refractivity contribution is 6.03. The Bertz CT molecular complexity index is 479. The molecule has 0 aliphatic carbocycles. The zero-order valence-electron chi connectivity index (χ0n) is 12.7. The average molecular weight is 289 g/mol. The molecule has 0 unspecified atom stereocenters. The summed E-state index contributed by atoms with van der Waals surface area (Å²) in [6.07, 6.45) is 1.38. The Balaban J connectivity index is 2.53. The lowest BCUT2D eigenvalue weighted by Gasteiger charge is -2.21. The van der Waals surface area contributed by atoms with Gasteiger partial charge in [-0.15, -0.1) is 6.58 Å². The Hall–Kier alpha value is -2.30. The molecule has 5 heteroatoms. The maximum atomic E-state index is 11.7. The molecule has 1 rings (SSSR count). The van der Waals surface area contributed by atoms with Crippen molar-refractivity contribution in [2.45, 2.75) is 20.3 Å². The highest BCUT2D eigenvalue weighted by Crippen LogP contribution is 2.17. The van der Waals surface area contributed by atoms with E-state index in [9.17, 15) is 9.59 Å². The molecule has 0 fully saturated rings. The predicted octanol–water partition coefficient (Wildman–Crippen LogP) is 2.16. The zero-order valence-corrected chi connectivity index (χ0v) is 12.7. The summed E-state index contributed by atoms with van der Waals surface area (Å²) in [5, 5.41) is 5.27. The molecule has 0 heterocycles. The van der Waals surface area contributed by atoms with Crippen molar-refractivity contribution >= 4 is 23.2 Å². The van der Waals surface area contributed by atoms with Crippen LogP contribution in [0.4, 0.5) is 11.4 Å². The van der Waals surface area contributed by atoms with E-state index in [-0.39, 0.29) is 18.2 Å². The van der Waals surface area contributed by atoms with Gasteiger partial charge in [0, 0.05) is 31.0 Å². The Morgan fingerprint density at radius 3 is 2.29 bits per heavy atom. The van der Waals surface area contributed by atoms with Crippen molar-refractivity contribution in [1.29, 1.82) is 0 Å². The van der Waals surface area contributed by atoms with E-state index in [0.29, 0.717) is 12.2 Å². The van der Waals surface area contributed by atoms with Crippen LogP contribution in [0.2, 0.25) is 0 Å². The van der Waals surface area contributed by atoms with Gasteiger partial charge in [0.25, 0.3) is 0 Å². The Kier molecular flexibility index (Phi) is 7.01. The molecule has 2 amide bonds. The number of rotatable bonds is 8. The van der Waals surface area contributed by atoms with E-state index in [1.165, 1.54) is 0 Å². The number of hydrogen-bond donors (Lipinski definition) is 2. The molecule has 0 saturated heterocycles. The second-order valence-electron chi connectivity index (χ2n) is 4.54. The van der Waals surface area contributed by atoms with Crippen LogP contribution in [0.25, 0.3) is 0 Å². The largest absolute Gasteiger partial charge is 0.372 e. The molecular formula is C16H23N3O2. The van der Waals surface area contributed by atoms with Gasteiger partial charge in [0.1, 0.15) is 6.42 Å². The van der Waals surface area contributed by atoms with Crippen LogP contribution in [0.5, 0.6) is 0 Å². The van der Waals surface area contributed by atoms with Crippen LogP contribution in [0.1, 0.15) is 20.3 Å². The van der Waals surface area contributed by atoms with Crippen molar-refractivity contribution < 1.29 is 9.59 Å². The van der Waals surface area contributed by atoms with Crippen LogP contribution < -0.4 is 15.5 Å². The number of nitrogens with zero attached hydrogens (tertiary/aromatic N) is 1. The topological polar surface area (TPSA) is 61.4 Å². The molecule has 0 spiro atoms. The molecule has 1 aromatic carbocycles. The van der Waals surface area contributed by atoms with Crippen LogP contribution in [0, 0.1) is 0 Å². The first-order valence-corrected chi connectivity index (χ1v) is 7.13. The smallest absolute Gasteiger partial charge is 0.233 e. The van der Waals surface area contributed by atoms with Crippen molar-refractivity contribution in [3.63, 3.8) is 0 Å². The molecule has 2 N–H and O–H groups in total. The number of anilines is 2. The van der Waals surface area contributed by atoms with E-state index in [4.69, 9.17) is 0 Å². The molecule has 5 nitrogen and oxygen atoms in total. The molecule has 0 aromatic heterocycles. The first-order valence-electron chi connectivity index (χ1n) is 7.13. The second-order valence-corrected chi connectivity index (χ2v) is 4.54. The molecule has 21 heavy (non-hydrogen) atoms. The molecular weight excluding hydrogens is 266 g/mol. The minimum Gasteiger partial charge on any atom is -0.372 e. The molecule has 0 atom stereocenters. The van der Waals surface area contributed by atoms with Crippen LogP contribution in [-0.4, -0.2) is 31.4 Å². The SMILES string of the molecule is C=CCNC(=O)CC(=O)Nc1ccc(N(CC)CC)cc1. The second kappa shape index (κ2) is 8.79. The van der Waals surface area contributed by atoms with Crippen LogP contribution in [-0.2, 0) is 9.59 Å². The monoisotopic (exact) mass is 289 g/mol. The van der Waals surface area contributed by atoms with E-state index in [1.54, 1.807) is 6.08 Å². The summed E-state index contributed by atoms with van der Waals surface area (Å²) in [6, 6.07) is 7.60. The third kappa shape index (κ3) is 5.69. The summed E-state index contributed by atoms with van der Waals surface area (Å²) < 4.78 is 0. The van der Waals surface area contributed by atoms with Crippen molar-refractivity contribution in [3.8, 4) is 0 Å². The molecule has 1 aromatic rings. The highest BCUT2D eigenvalue weighted by Gasteiger charge is 2.09. The Morgan fingerprint density at radius 2 is 1.76 bits per heavy atom. The first-order chi connectivity index (χ1) is 10.1. The molecule has 0 radical (unpaired) electrons. The lowest BCUT2D eigenvalue weighted by molar-refractivity contribution is -0.126. The fraction of sp³-hybridized carbons (Fsp3) is 0.375. The van der Waals surface area contributed by atoms with Crippen LogP contribution in [0.15, 0.2) is 36.9 Å². The van der Waals surface area contributed by atoms with Gasteiger partial charge in [0.15, 0.2) is 0 Å². The van der Waals surface area contributed by atoms with E-state index in [0.717, 1.165) is 18.8 Å². The molecule has 114 valence electrons. The maximum absolute atomic E-state index is 11.7. The fourth-order valence-electron chi connectivity index (χ4n) is 1.94. The van der Waals surface area contributed by atoms with Gasteiger partial charge >= 0.3 is 0 Å². The zero-order chi connectivity index (χ0) is 15.7. The standard InChI is InChI=1S/C16H23N3O2/c1-4-11-17-15(20)12-16(21)18-13-7-9-14(10-8-13)19(5-2)6-3/h4,7-10H,1,5-6,11-12H2,2-3H3,(H,17,20)(H,18,21). The number of amides is 2. The summed E-state index contributed by atoms with van der Waals surface area (Å²) >= 11 is 0. The Labute approximate surface area is 126 Å². The van der Waals surface area contributed by atoms with Crippen LogP contribution in [0.3, 0.4) is 0 Å². The lowest BCUT2D eigenvalue weighted by Crippen LogP contribution is -2.28. The third-order valence-electron chi connectivity index (χ3n) is 3.04. The normalized spacial score (nSPS) is 9.81. The molecule has 0 saturated carbocycles. The maximum Gasteiger partial charge on any atom is 0.233 e. The lowest BCUT2D eigenvalue weighted by atomic mass is 10.2. The van der Waals surface area contributed by atoms with Crippen molar-refractivity contribution in [2.24, 2.45) is 0 Å². The van der Waals surface area contributed by atoms with E-state index >= 15 is 0 Å². The first kappa shape index (κ1) is 16.8. The molecule has 0 aliphatic heterocycles. The van der Waals surface area contributed by atoms with Gasteiger partial charge < -0.3 is 15.5 Å². The van der Waals surface area contributed by atoms with Crippen molar-refractivity contribution in [2.75, 3.05) is 29.9 Å². The quantitative estimate of drug-likeness (QED) is 0.569. The number of benzene rings is 1. The summed E-state index contributed by atoms with van der Waals surface area (Å²) in [6.45, 7) is 9.93. The van der Waals surface area contributed by atoms with E-state index in [1.807, 2.05) is 24.3 Å². The van der Waals surface area contributed by atoms with Gasteiger partial charge in [0.05, 0.1) is 0 Å². The van der Waals surface area contributed by atoms with Crippen LogP contribution >= 0.6 is 0 Å². The van der Waals surface area contributed by atoms with Gasteiger partial charge in [-0.25, -0.2) is 0 Å². The Morgan fingerprint density at radius 1 is 1.14 bits per heavy atom. The van der Waals surface area contributed by atoms with E-state index in [2.05, 4.69) is 36.0 Å². The predicted molar refractivity (Wildman–Crippen MR) is 86.5 cm³/mol. The number of carbonyl (C=O) groups excluding carboxylic acids is 2. The van der Waals surface area contributed by atoms with Gasteiger partial charge in [-0.1, -0.05) is 6.08 Å². The number of nitrogens with one attached hydrogen (secondary N) is 2. The summed E-state index contributed by atoms with van der Waals surface area (Å²) in [5.41, 5.74) is 1.80. The van der Waals surface area contributed by atoms with Gasteiger partial charge in [0.2, 0.25) is 11.8 Å². The highest BCUT2D eigenvalue weighted by atomic mass is 16.2. The van der Waals surface area contributed by atoms with Gasteiger partial charge in [-0.05, 0) is 38.1 Å². The number of hydrogen-bond acceptors (Lipinski definition) is 3. The molecule has 0 aliphatic rings. The fourth-order valence-corrected chi connectivity index (χ4v) is 1.94. The summed E-state index contributed by atoms with van der Waals surface area (Å²) in [7, 11) is 0. The van der Waals surface area contributed by atoms with Gasteiger partial charge in [-0.3, -0.25) is 9.59 Å². The molecule has 0 bridgehead atoms. The average Bonchev–Trinajstić information content (AvgIpc) is 2.48. The summed E-state index contributed by atoms with van der Waals surface area (Å²) in [5.74, 6) is -0.640. The van der Waals surface area contributed by atoms with E-state index < -0.39 is 0 Å². The summed E-state index contributed by atoms with van der Waals surface area (Å²) in [4.78, 5) is 25.3. The number of carbonyl (C=O) groups is 2.